The van der Waals surface area contributed by atoms with Crippen molar-refractivity contribution in [2.45, 2.75) is 39.5 Å². The molecule has 128 valence electrons. The SMILES string of the molecule is Cc1ccc(C)c(OCCCN(C)C(=O)C[C@@H]2CCCOC2)c1. The maximum atomic E-state index is 12.2. The van der Waals surface area contributed by atoms with Crippen molar-refractivity contribution in [1.82, 2.24) is 4.90 Å². The minimum absolute atomic E-state index is 0.215. The number of aryl methyl sites for hydroxylation is 2. The molecule has 1 amide bonds. The van der Waals surface area contributed by atoms with Crippen molar-refractivity contribution in [1.29, 1.82) is 0 Å². The standard InChI is InChI=1S/C19H29NO3/c1-15-7-8-16(2)18(12-15)23-11-5-9-20(3)19(21)13-17-6-4-10-22-14-17/h7-8,12,17H,4-6,9-11,13-14H2,1-3H3/t17-/m0/s1. The van der Waals surface area contributed by atoms with Crippen LogP contribution in [0, 0.1) is 19.8 Å². The number of carbonyl (C=O) groups excluding carboxylic acids is 1. The van der Waals surface area contributed by atoms with E-state index in [9.17, 15) is 4.79 Å². The summed E-state index contributed by atoms with van der Waals surface area (Å²) in [6.45, 7) is 7.06. The van der Waals surface area contributed by atoms with Gasteiger partial charge < -0.3 is 14.4 Å². The Balaban J connectivity index is 1.66. The zero-order valence-electron chi connectivity index (χ0n) is 14.6. The van der Waals surface area contributed by atoms with Gasteiger partial charge >= 0.3 is 0 Å². The number of rotatable bonds is 7. The first-order valence-electron chi connectivity index (χ1n) is 8.58. The van der Waals surface area contributed by atoms with E-state index in [4.69, 9.17) is 9.47 Å². The Kier molecular flexibility index (Phi) is 6.90. The van der Waals surface area contributed by atoms with Crippen molar-refractivity contribution in [3.8, 4) is 5.75 Å². The van der Waals surface area contributed by atoms with Gasteiger partial charge in [0.25, 0.3) is 0 Å². The van der Waals surface area contributed by atoms with E-state index in [0.29, 0.717) is 18.9 Å². The van der Waals surface area contributed by atoms with Crippen LogP contribution in [0.1, 0.15) is 36.8 Å². The molecule has 0 unspecified atom stereocenters. The number of amides is 1. The van der Waals surface area contributed by atoms with Gasteiger partial charge in [-0.3, -0.25) is 4.79 Å². The summed E-state index contributed by atoms with van der Waals surface area (Å²) in [6.07, 6.45) is 3.63. The molecule has 0 aromatic heterocycles. The van der Waals surface area contributed by atoms with Crippen molar-refractivity contribution in [2.75, 3.05) is 33.4 Å². The molecule has 0 saturated carbocycles. The van der Waals surface area contributed by atoms with E-state index >= 15 is 0 Å². The minimum atomic E-state index is 0.215. The summed E-state index contributed by atoms with van der Waals surface area (Å²) in [5, 5.41) is 0. The lowest BCUT2D eigenvalue weighted by Crippen LogP contribution is -2.32. The third kappa shape index (κ3) is 5.87. The van der Waals surface area contributed by atoms with Crippen LogP contribution in [0.25, 0.3) is 0 Å². The Bertz CT molecular complexity index is 509. The molecule has 4 nitrogen and oxygen atoms in total. The van der Waals surface area contributed by atoms with Gasteiger partial charge in [-0.2, -0.15) is 0 Å². The first-order chi connectivity index (χ1) is 11.1. The molecule has 4 heteroatoms. The first kappa shape index (κ1) is 17.8. The molecular formula is C19H29NO3. The monoisotopic (exact) mass is 319 g/mol. The van der Waals surface area contributed by atoms with E-state index < -0.39 is 0 Å². The van der Waals surface area contributed by atoms with Gasteiger partial charge in [-0.1, -0.05) is 12.1 Å². The summed E-state index contributed by atoms with van der Waals surface area (Å²) < 4.78 is 11.3. The highest BCUT2D eigenvalue weighted by Gasteiger charge is 2.19. The summed E-state index contributed by atoms with van der Waals surface area (Å²) in [6, 6.07) is 6.23. The summed E-state index contributed by atoms with van der Waals surface area (Å²) in [4.78, 5) is 14.0. The molecule has 0 N–H and O–H groups in total. The lowest BCUT2D eigenvalue weighted by Gasteiger charge is -2.24. The zero-order valence-corrected chi connectivity index (χ0v) is 14.6. The largest absolute Gasteiger partial charge is 0.493 e. The molecule has 1 aliphatic rings. The van der Waals surface area contributed by atoms with Gasteiger partial charge in [-0.15, -0.1) is 0 Å². The third-order valence-electron chi connectivity index (χ3n) is 4.38. The van der Waals surface area contributed by atoms with Crippen molar-refractivity contribution in [3.63, 3.8) is 0 Å². The van der Waals surface area contributed by atoms with Gasteiger partial charge in [0.2, 0.25) is 5.91 Å². The molecule has 23 heavy (non-hydrogen) atoms. The van der Waals surface area contributed by atoms with E-state index in [-0.39, 0.29) is 5.91 Å². The highest BCUT2D eigenvalue weighted by atomic mass is 16.5. The van der Waals surface area contributed by atoms with Crippen LogP contribution in [0.4, 0.5) is 0 Å². The minimum Gasteiger partial charge on any atom is -0.493 e. The number of benzene rings is 1. The van der Waals surface area contributed by atoms with E-state index in [1.165, 1.54) is 5.56 Å². The van der Waals surface area contributed by atoms with Gasteiger partial charge in [-0.05, 0) is 56.2 Å². The topological polar surface area (TPSA) is 38.8 Å². The Morgan fingerprint density at radius 3 is 2.96 bits per heavy atom. The average molecular weight is 319 g/mol. The first-order valence-corrected chi connectivity index (χ1v) is 8.58. The fourth-order valence-electron chi connectivity index (χ4n) is 2.84. The van der Waals surface area contributed by atoms with E-state index in [0.717, 1.165) is 50.3 Å². The summed E-state index contributed by atoms with van der Waals surface area (Å²) in [5.41, 5.74) is 2.35. The molecule has 0 radical (unpaired) electrons. The van der Waals surface area contributed by atoms with Crippen LogP contribution in [0.2, 0.25) is 0 Å². The molecule has 0 bridgehead atoms. The van der Waals surface area contributed by atoms with Gasteiger partial charge in [0.1, 0.15) is 5.75 Å². The second-order valence-electron chi connectivity index (χ2n) is 6.57. The van der Waals surface area contributed by atoms with Gasteiger partial charge in [0.05, 0.1) is 6.61 Å². The number of ether oxygens (including phenoxy) is 2. The molecule has 0 aliphatic carbocycles. The van der Waals surface area contributed by atoms with Crippen LogP contribution in [0.15, 0.2) is 18.2 Å². The van der Waals surface area contributed by atoms with Crippen LogP contribution >= 0.6 is 0 Å². The normalized spacial score (nSPS) is 17.8. The van der Waals surface area contributed by atoms with Crippen molar-refractivity contribution >= 4 is 5.91 Å². The highest BCUT2D eigenvalue weighted by Crippen LogP contribution is 2.20. The number of carbonyl (C=O) groups is 1. The number of hydrogen-bond donors (Lipinski definition) is 0. The second kappa shape index (κ2) is 8.92. The summed E-state index contributed by atoms with van der Waals surface area (Å²) >= 11 is 0. The molecule has 1 aromatic carbocycles. The highest BCUT2D eigenvalue weighted by molar-refractivity contribution is 5.76. The predicted molar refractivity (Wildman–Crippen MR) is 91.8 cm³/mol. The molecule has 2 rings (SSSR count). The molecule has 0 spiro atoms. The summed E-state index contributed by atoms with van der Waals surface area (Å²) in [5.74, 6) is 1.55. The van der Waals surface area contributed by atoms with Crippen molar-refractivity contribution < 1.29 is 14.3 Å². The van der Waals surface area contributed by atoms with E-state index in [1.807, 2.05) is 11.9 Å². The zero-order chi connectivity index (χ0) is 16.7. The lowest BCUT2D eigenvalue weighted by atomic mass is 9.98. The molecular weight excluding hydrogens is 290 g/mol. The third-order valence-corrected chi connectivity index (χ3v) is 4.38. The molecule has 1 atom stereocenters. The lowest BCUT2D eigenvalue weighted by molar-refractivity contribution is -0.132. The van der Waals surface area contributed by atoms with Crippen molar-refractivity contribution in [2.24, 2.45) is 5.92 Å². The maximum Gasteiger partial charge on any atom is 0.222 e. The van der Waals surface area contributed by atoms with Crippen molar-refractivity contribution in [3.05, 3.63) is 29.3 Å². The Morgan fingerprint density at radius 1 is 1.39 bits per heavy atom. The van der Waals surface area contributed by atoms with E-state index in [1.54, 1.807) is 0 Å². The fraction of sp³-hybridized carbons (Fsp3) is 0.632. The average Bonchev–Trinajstić information content (AvgIpc) is 2.55. The molecule has 1 fully saturated rings. The quantitative estimate of drug-likeness (QED) is 0.724. The van der Waals surface area contributed by atoms with Gasteiger partial charge in [0.15, 0.2) is 0 Å². The molecule has 1 aliphatic heterocycles. The fourth-order valence-corrected chi connectivity index (χ4v) is 2.84. The Hall–Kier alpha value is -1.55. The van der Waals surface area contributed by atoms with Crippen LogP contribution < -0.4 is 4.74 Å². The van der Waals surface area contributed by atoms with Crippen LogP contribution in [0.3, 0.4) is 0 Å². The smallest absolute Gasteiger partial charge is 0.222 e. The molecule has 1 saturated heterocycles. The van der Waals surface area contributed by atoms with Crippen LogP contribution in [0.5, 0.6) is 5.75 Å². The maximum absolute atomic E-state index is 12.2. The predicted octanol–water partition coefficient (Wildman–Crippen LogP) is 3.35. The van der Waals surface area contributed by atoms with Gasteiger partial charge in [0, 0.05) is 33.2 Å². The van der Waals surface area contributed by atoms with E-state index in [2.05, 4.69) is 32.0 Å². The number of nitrogens with zero attached hydrogens (tertiary/aromatic N) is 1. The Morgan fingerprint density at radius 2 is 2.22 bits per heavy atom. The number of hydrogen-bond acceptors (Lipinski definition) is 3. The molecule has 1 heterocycles. The summed E-state index contributed by atoms with van der Waals surface area (Å²) in [7, 11) is 1.88. The Labute approximate surface area is 139 Å². The van der Waals surface area contributed by atoms with Crippen LogP contribution in [-0.2, 0) is 9.53 Å². The van der Waals surface area contributed by atoms with Gasteiger partial charge in [-0.25, -0.2) is 0 Å². The molecule has 1 aromatic rings. The second-order valence-corrected chi connectivity index (χ2v) is 6.57. The van der Waals surface area contributed by atoms with Crippen LogP contribution in [-0.4, -0.2) is 44.2 Å².